The Kier molecular flexibility index (Phi) is 3.31. The fourth-order valence-electron chi connectivity index (χ4n) is 1.99. The maximum absolute atomic E-state index is 14.2. The summed E-state index contributed by atoms with van der Waals surface area (Å²) in [6, 6.07) is 7.99. The molecule has 0 spiro atoms. The zero-order valence-electron chi connectivity index (χ0n) is 10.6. The average molecular weight is 323 g/mol. The molecule has 0 unspecified atom stereocenters. The highest BCUT2D eigenvalue weighted by atomic mass is 35.5. The molecule has 2 aromatic carbocycles. The zero-order valence-corrected chi connectivity index (χ0v) is 12.1. The lowest BCUT2D eigenvalue weighted by Gasteiger charge is -2.08. The first-order valence-electron chi connectivity index (χ1n) is 5.94. The van der Waals surface area contributed by atoms with Crippen LogP contribution in [0.4, 0.5) is 15.9 Å². The van der Waals surface area contributed by atoms with Gasteiger partial charge in [-0.2, -0.15) is 0 Å². The average Bonchev–Trinajstić information content (AvgIpc) is 2.45. The fraction of sp³-hybridized carbons (Fsp3) is 0. The van der Waals surface area contributed by atoms with Crippen molar-refractivity contribution in [1.82, 2.24) is 9.97 Å². The van der Waals surface area contributed by atoms with Gasteiger partial charge in [0.15, 0.2) is 11.6 Å². The molecule has 0 fully saturated rings. The van der Waals surface area contributed by atoms with Gasteiger partial charge in [-0.3, -0.25) is 0 Å². The summed E-state index contributed by atoms with van der Waals surface area (Å²) in [7, 11) is 0. The summed E-state index contributed by atoms with van der Waals surface area (Å²) in [6.45, 7) is 0. The van der Waals surface area contributed by atoms with Crippen molar-refractivity contribution in [3.63, 3.8) is 0 Å². The number of rotatable bonds is 1. The third-order valence-corrected chi connectivity index (χ3v) is 3.81. The molecule has 3 aromatic rings. The van der Waals surface area contributed by atoms with Crippen LogP contribution in [0.1, 0.15) is 0 Å². The highest BCUT2D eigenvalue weighted by molar-refractivity contribution is 6.42. The Bertz CT molecular complexity index is 867. The number of hydrogen-bond donors (Lipinski definition) is 2. The maximum Gasteiger partial charge on any atom is 0.165 e. The predicted octanol–water partition coefficient (Wildman–Crippen LogP) is 3.91. The first kappa shape index (κ1) is 13.9. The van der Waals surface area contributed by atoms with Crippen molar-refractivity contribution in [2.45, 2.75) is 0 Å². The van der Waals surface area contributed by atoms with Crippen LogP contribution >= 0.6 is 23.2 Å². The third kappa shape index (κ3) is 2.34. The number of halogens is 3. The second-order valence-corrected chi connectivity index (χ2v) is 5.22. The molecule has 1 aromatic heterocycles. The number of nitrogens with two attached hydrogens (primary N) is 2. The predicted molar refractivity (Wildman–Crippen MR) is 83.8 cm³/mol. The van der Waals surface area contributed by atoms with E-state index in [0.717, 1.165) is 0 Å². The molecule has 1 heterocycles. The molecule has 4 N–H and O–H groups in total. The number of fused-ring (bicyclic) bond motifs is 1. The number of anilines is 2. The minimum atomic E-state index is -0.682. The standard InChI is InChI=1S/C14H9Cl2FN4/c15-9-3-2-7(12(17)11(9)16)14-20-10-4-1-6(18)5-8(10)13(19)21-14/h1-5H,18H2,(H2,19,20,21). The van der Waals surface area contributed by atoms with E-state index in [-0.39, 0.29) is 27.3 Å². The number of aromatic nitrogens is 2. The molecule has 0 saturated heterocycles. The van der Waals surface area contributed by atoms with Crippen LogP contribution in [0, 0.1) is 5.82 Å². The Labute approximate surface area is 129 Å². The molecular formula is C14H9Cl2FN4. The van der Waals surface area contributed by atoms with E-state index >= 15 is 0 Å². The van der Waals surface area contributed by atoms with Crippen LogP contribution in [-0.2, 0) is 0 Å². The quantitative estimate of drug-likeness (QED) is 0.526. The molecule has 0 atom stereocenters. The summed E-state index contributed by atoms with van der Waals surface area (Å²) in [5.41, 5.74) is 12.8. The van der Waals surface area contributed by atoms with Gasteiger partial charge in [0.1, 0.15) is 5.82 Å². The Morgan fingerprint density at radius 1 is 1.00 bits per heavy atom. The Balaban J connectivity index is 2.27. The molecule has 4 nitrogen and oxygen atoms in total. The van der Waals surface area contributed by atoms with E-state index in [4.69, 9.17) is 34.7 Å². The van der Waals surface area contributed by atoms with Gasteiger partial charge in [-0.05, 0) is 30.3 Å². The lowest BCUT2D eigenvalue weighted by Crippen LogP contribution is -2.00. The van der Waals surface area contributed by atoms with E-state index in [1.807, 2.05) is 0 Å². The number of hydrogen-bond acceptors (Lipinski definition) is 4. The summed E-state index contributed by atoms with van der Waals surface area (Å²) in [4.78, 5) is 8.40. The minimum Gasteiger partial charge on any atom is -0.399 e. The topological polar surface area (TPSA) is 77.8 Å². The Hall–Kier alpha value is -2.11. The van der Waals surface area contributed by atoms with Crippen LogP contribution in [0.5, 0.6) is 0 Å². The van der Waals surface area contributed by atoms with Crippen molar-refractivity contribution in [2.75, 3.05) is 11.5 Å². The van der Waals surface area contributed by atoms with Crippen LogP contribution in [0.25, 0.3) is 22.3 Å². The normalized spacial score (nSPS) is 11.0. The summed E-state index contributed by atoms with van der Waals surface area (Å²) in [6.07, 6.45) is 0. The summed E-state index contributed by atoms with van der Waals surface area (Å²) < 4.78 is 14.2. The van der Waals surface area contributed by atoms with Gasteiger partial charge in [0.25, 0.3) is 0 Å². The van der Waals surface area contributed by atoms with Crippen molar-refractivity contribution >= 4 is 45.6 Å². The summed E-state index contributed by atoms with van der Waals surface area (Å²) in [5, 5.41) is 0.562. The number of nitrogen functional groups attached to an aromatic ring is 2. The van der Waals surface area contributed by atoms with Crippen LogP contribution in [0.15, 0.2) is 30.3 Å². The summed E-state index contributed by atoms with van der Waals surface area (Å²) >= 11 is 11.6. The molecule has 0 saturated carbocycles. The molecular weight excluding hydrogens is 314 g/mol. The van der Waals surface area contributed by atoms with Crippen molar-refractivity contribution in [3.05, 3.63) is 46.2 Å². The van der Waals surface area contributed by atoms with Gasteiger partial charge in [-0.15, -0.1) is 0 Å². The van der Waals surface area contributed by atoms with Gasteiger partial charge in [-0.1, -0.05) is 23.2 Å². The van der Waals surface area contributed by atoms with Crippen LogP contribution in [0.2, 0.25) is 10.0 Å². The summed E-state index contributed by atoms with van der Waals surface area (Å²) in [5.74, 6) is -0.327. The Morgan fingerprint density at radius 2 is 1.76 bits per heavy atom. The molecule has 0 aliphatic rings. The molecule has 106 valence electrons. The highest BCUT2D eigenvalue weighted by Gasteiger charge is 2.16. The SMILES string of the molecule is Nc1ccc2nc(-c3ccc(Cl)c(Cl)c3F)nc(N)c2c1. The van der Waals surface area contributed by atoms with E-state index in [9.17, 15) is 4.39 Å². The molecule has 0 aliphatic heterocycles. The maximum atomic E-state index is 14.2. The minimum absolute atomic E-state index is 0.124. The van der Waals surface area contributed by atoms with Crippen molar-refractivity contribution in [2.24, 2.45) is 0 Å². The first-order valence-corrected chi connectivity index (χ1v) is 6.69. The van der Waals surface area contributed by atoms with Crippen LogP contribution < -0.4 is 11.5 Å². The third-order valence-electron chi connectivity index (χ3n) is 3.03. The zero-order chi connectivity index (χ0) is 15.1. The lowest BCUT2D eigenvalue weighted by molar-refractivity contribution is 0.630. The van der Waals surface area contributed by atoms with E-state index in [0.29, 0.717) is 16.6 Å². The lowest BCUT2D eigenvalue weighted by atomic mass is 10.1. The number of nitrogens with zero attached hydrogens (tertiary/aromatic N) is 2. The van der Waals surface area contributed by atoms with Gasteiger partial charge in [0, 0.05) is 11.1 Å². The Morgan fingerprint density at radius 3 is 2.52 bits per heavy atom. The second-order valence-electron chi connectivity index (χ2n) is 4.43. The van der Waals surface area contributed by atoms with E-state index in [1.165, 1.54) is 12.1 Å². The highest BCUT2D eigenvalue weighted by Crippen LogP contribution is 2.32. The van der Waals surface area contributed by atoms with Crippen LogP contribution in [0.3, 0.4) is 0 Å². The van der Waals surface area contributed by atoms with Gasteiger partial charge in [0.2, 0.25) is 0 Å². The largest absolute Gasteiger partial charge is 0.399 e. The van der Waals surface area contributed by atoms with Gasteiger partial charge in [0.05, 0.1) is 21.1 Å². The van der Waals surface area contributed by atoms with E-state index < -0.39 is 5.82 Å². The molecule has 0 amide bonds. The molecule has 3 rings (SSSR count). The molecule has 0 aliphatic carbocycles. The number of benzene rings is 2. The van der Waals surface area contributed by atoms with Crippen molar-refractivity contribution < 1.29 is 4.39 Å². The first-order chi connectivity index (χ1) is 9.97. The fourth-order valence-corrected chi connectivity index (χ4v) is 2.30. The van der Waals surface area contributed by atoms with Gasteiger partial charge < -0.3 is 11.5 Å². The molecule has 0 bridgehead atoms. The molecule has 0 radical (unpaired) electrons. The van der Waals surface area contributed by atoms with E-state index in [1.54, 1.807) is 18.2 Å². The second kappa shape index (κ2) is 5.02. The van der Waals surface area contributed by atoms with Gasteiger partial charge >= 0.3 is 0 Å². The van der Waals surface area contributed by atoms with Crippen molar-refractivity contribution in [1.29, 1.82) is 0 Å². The molecule has 21 heavy (non-hydrogen) atoms. The van der Waals surface area contributed by atoms with E-state index in [2.05, 4.69) is 9.97 Å². The molecule has 7 heteroatoms. The van der Waals surface area contributed by atoms with Crippen LogP contribution in [-0.4, -0.2) is 9.97 Å². The van der Waals surface area contributed by atoms with Gasteiger partial charge in [-0.25, -0.2) is 14.4 Å². The monoisotopic (exact) mass is 322 g/mol. The van der Waals surface area contributed by atoms with Crippen molar-refractivity contribution in [3.8, 4) is 11.4 Å². The smallest absolute Gasteiger partial charge is 0.165 e.